The number of morpholine rings is 1. The topological polar surface area (TPSA) is 79.0 Å². The molecule has 0 aliphatic carbocycles. The Morgan fingerprint density at radius 2 is 1.72 bits per heavy atom. The number of anilines is 1. The van der Waals surface area contributed by atoms with E-state index in [-0.39, 0.29) is 23.0 Å². The molecule has 1 N–H and O–H groups in total. The highest BCUT2D eigenvalue weighted by molar-refractivity contribution is 7.89. The minimum Gasteiger partial charge on any atom is -0.373 e. The van der Waals surface area contributed by atoms with Gasteiger partial charge in [-0.15, -0.1) is 0 Å². The molecule has 2 saturated heterocycles. The van der Waals surface area contributed by atoms with Gasteiger partial charge in [-0.2, -0.15) is 4.31 Å². The highest BCUT2D eigenvalue weighted by Crippen LogP contribution is 2.23. The molecule has 2 aromatic rings. The van der Waals surface area contributed by atoms with Crippen LogP contribution in [0.2, 0.25) is 0 Å². The Kier molecular flexibility index (Phi) is 6.95. The SMILES string of the molecule is CC1CN(S(=O)(=O)c2cccc(C(=O)Nc3cccc(CN4CCCC4)c3)c2)CC(C)O1. The Hall–Kier alpha value is -2.26. The van der Waals surface area contributed by atoms with Crippen LogP contribution in [0.3, 0.4) is 0 Å². The number of benzene rings is 2. The smallest absolute Gasteiger partial charge is 0.255 e. The molecular weight excluding hydrogens is 426 g/mol. The number of nitrogens with zero attached hydrogens (tertiary/aromatic N) is 2. The largest absolute Gasteiger partial charge is 0.373 e. The molecule has 4 rings (SSSR count). The molecule has 0 spiro atoms. The molecule has 0 aromatic heterocycles. The van der Waals surface area contributed by atoms with Gasteiger partial charge in [-0.05, 0) is 75.7 Å². The predicted molar refractivity (Wildman–Crippen MR) is 124 cm³/mol. The van der Waals surface area contributed by atoms with Gasteiger partial charge in [-0.25, -0.2) is 8.42 Å². The van der Waals surface area contributed by atoms with E-state index >= 15 is 0 Å². The fourth-order valence-electron chi connectivity index (χ4n) is 4.42. The Morgan fingerprint density at radius 1 is 1.03 bits per heavy atom. The van der Waals surface area contributed by atoms with E-state index in [1.807, 2.05) is 32.0 Å². The molecular formula is C24H31N3O4S. The molecule has 2 aliphatic heterocycles. The first kappa shape index (κ1) is 22.9. The van der Waals surface area contributed by atoms with Gasteiger partial charge in [0.05, 0.1) is 17.1 Å². The fourth-order valence-corrected chi connectivity index (χ4v) is 6.06. The summed E-state index contributed by atoms with van der Waals surface area (Å²) in [6.45, 7) is 7.41. The standard InChI is InChI=1S/C24H31N3O4S/c1-18-15-27(16-19(2)31-18)32(29,30)23-10-6-8-21(14-23)24(28)25-22-9-5-7-20(13-22)17-26-11-3-4-12-26/h5-10,13-14,18-19H,3-4,11-12,15-17H2,1-2H3,(H,25,28). The van der Waals surface area contributed by atoms with Crippen molar-refractivity contribution in [3.63, 3.8) is 0 Å². The predicted octanol–water partition coefficient (Wildman–Crippen LogP) is 3.33. The quantitative estimate of drug-likeness (QED) is 0.720. The highest BCUT2D eigenvalue weighted by Gasteiger charge is 2.32. The molecule has 2 aromatic carbocycles. The van der Waals surface area contributed by atoms with Crippen molar-refractivity contribution in [1.29, 1.82) is 0 Å². The molecule has 0 bridgehead atoms. The van der Waals surface area contributed by atoms with Crippen LogP contribution in [0.15, 0.2) is 53.4 Å². The molecule has 2 fully saturated rings. The zero-order chi connectivity index (χ0) is 22.7. The summed E-state index contributed by atoms with van der Waals surface area (Å²) in [5.41, 5.74) is 2.16. The molecule has 0 radical (unpaired) electrons. The van der Waals surface area contributed by atoms with Crippen molar-refractivity contribution in [2.75, 3.05) is 31.5 Å². The summed E-state index contributed by atoms with van der Waals surface area (Å²) >= 11 is 0. The van der Waals surface area contributed by atoms with Crippen LogP contribution in [0, 0.1) is 0 Å². The lowest BCUT2D eigenvalue weighted by Crippen LogP contribution is -2.48. The minimum absolute atomic E-state index is 0.120. The van der Waals surface area contributed by atoms with Crippen molar-refractivity contribution in [2.24, 2.45) is 0 Å². The van der Waals surface area contributed by atoms with Gasteiger partial charge in [-0.3, -0.25) is 9.69 Å². The Morgan fingerprint density at radius 3 is 2.44 bits per heavy atom. The van der Waals surface area contributed by atoms with Crippen LogP contribution < -0.4 is 5.32 Å². The highest BCUT2D eigenvalue weighted by atomic mass is 32.2. The first-order valence-corrected chi connectivity index (χ1v) is 12.6. The van der Waals surface area contributed by atoms with Gasteiger partial charge in [-0.1, -0.05) is 18.2 Å². The number of hydrogen-bond acceptors (Lipinski definition) is 5. The number of hydrogen-bond donors (Lipinski definition) is 1. The zero-order valence-electron chi connectivity index (χ0n) is 18.7. The second kappa shape index (κ2) is 9.70. The lowest BCUT2D eigenvalue weighted by atomic mass is 10.1. The van der Waals surface area contributed by atoms with Crippen LogP contribution in [0.4, 0.5) is 5.69 Å². The van der Waals surface area contributed by atoms with E-state index in [1.165, 1.54) is 29.3 Å². The van der Waals surface area contributed by atoms with E-state index < -0.39 is 10.0 Å². The number of amides is 1. The molecule has 172 valence electrons. The molecule has 7 nitrogen and oxygen atoms in total. The van der Waals surface area contributed by atoms with Crippen LogP contribution >= 0.6 is 0 Å². The number of rotatable bonds is 6. The molecule has 2 aliphatic rings. The van der Waals surface area contributed by atoms with Crippen molar-refractivity contribution in [1.82, 2.24) is 9.21 Å². The van der Waals surface area contributed by atoms with Gasteiger partial charge in [0.15, 0.2) is 0 Å². The number of nitrogens with one attached hydrogen (secondary N) is 1. The minimum atomic E-state index is -3.71. The third-order valence-corrected chi connectivity index (χ3v) is 7.74. The Balaban J connectivity index is 1.48. The number of sulfonamides is 1. The van der Waals surface area contributed by atoms with Gasteiger partial charge in [0.2, 0.25) is 10.0 Å². The Labute approximate surface area is 190 Å². The third-order valence-electron chi connectivity index (χ3n) is 5.91. The van der Waals surface area contributed by atoms with Crippen LogP contribution in [-0.2, 0) is 21.3 Å². The molecule has 2 atom stereocenters. The van der Waals surface area contributed by atoms with E-state index in [0.717, 1.165) is 25.2 Å². The molecule has 2 unspecified atom stereocenters. The summed E-state index contributed by atoms with van der Waals surface area (Å²) in [7, 11) is -3.71. The summed E-state index contributed by atoms with van der Waals surface area (Å²) in [6.07, 6.45) is 2.12. The first-order valence-electron chi connectivity index (χ1n) is 11.2. The van der Waals surface area contributed by atoms with Gasteiger partial charge in [0.1, 0.15) is 0 Å². The maximum Gasteiger partial charge on any atom is 0.255 e. The molecule has 2 heterocycles. The summed E-state index contributed by atoms with van der Waals surface area (Å²) in [5.74, 6) is -0.330. The number of carbonyl (C=O) groups is 1. The van der Waals surface area contributed by atoms with E-state index in [0.29, 0.717) is 24.3 Å². The van der Waals surface area contributed by atoms with Crippen LogP contribution in [0.5, 0.6) is 0 Å². The number of carbonyl (C=O) groups excluding carboxylic acids is 1. The fraction of sp³-hybridized carbons (Fsp3) is 0.458. The number of likely N-dealkylation sites (tertiary alicyclic amines) is 1. The monoisotopic (exact) mass is 457 g/mol. The lowest BCUT2D eigenvalue weighted by molar-refractivity contribution is -0.0440. The van der Waals surface area contributed by atoms with E-state index in [1.54, 1.807) is 12.1 Å². The van der Waals surface area contributed by atoms with Crippen molar-refractivity contribution >= 4 is 21.6 Å². The van der Waals surface area contributed by atoms with Crippen LogP contribution in [0.1, 0.15) is 42.6 Å². The van der Waals surface area contributed by atoms with Crippen LogP contribution in [0.25, 0.3) is 0 Å². The molecule has 0 saturated carbocycles. The second-order valence-corrected chi connectivity index (χ2v) is 10.7. The lowest BCUT2D eigenvalue weighted by Gasteiger charge is -2.34. The summed E-state index contributed by atoms with van der Waals surface area (Å²) < 4.78 is 33.4. The average Bonchev–Trinajstić information content (AvgIpc) is 3.26. The molecule has 1 amide bonds. The molecule has 8 heteroatoms. The third kappa shape index (κ3) is 5.38. The maximum atomic E-state index is 13.2. The normalized spacial score (nSPS) is 22.7. The number of ether oxygens (including phenoxy) is 1. The van der Waals surface area contributed by atoms with Crippen molar-refractivity contribution < 1.29 is 17.9 Å². The summed E-state index contributed by atoms with van der Waals surface area (Å²) in [6, 6.07) is 14.0. The first-order chi connectivity index (χ1) is 15.3. The zero-order valence-corrected chi connectivity index (χ0v) is 19.5. The summed E-state index contributed by atoms with van der Waals surface area (Å²) in [5, 5.41) is 2.91. The maximum absolute atomic E-state index is 13.2. The Bertz CT molecular complexity index is 1060. The van der Waals surface area contributed by atoms with Gasteiger partial charge < -0.3 is 10.1 Å². The van der Waals surface area contributed by atoms with Gasteiger partial charge in [0.25, 0.3) is 5.91 Å². The molecule has 32 heavy (non-hydrogen) atoms. The summed E-state index contributed by atoms with van der Waals surface area (Å²) in [4.78, 5) is 15.4. The van der Waals surface area contributed by atoms with E-state index in [4.69, 9.17) is 4.74 Å². The van der Waals surface area contributed by atoms with Crippen molar-refractivity contribution in [3.8, 4) is 0 Å². The van der Waals surface area contributed by atoms with E-state index in [9.17, 15) is 13.2 Å². The van der Waals surface area contributed by atoms with Crippen LogP contribution in [-0.4, -0.2) is 61.9 Å². The van der Waals surface area contributed by atoms with Crippen molar-refractivity contribution in [2.45, 2.75) is 50.3 Å². The van der Waals surface area contributed by atoms with Gasteiger partial charge >= 0.3 is 0 Å². The van der Waals surface area contributed by atoms with Crippen molar-refractivity contribution in [3.05, 3.63) is 59.7 Å². The van der Waals surface area contributed by atoms with E-state index in [2.05, 4.69) is 16.3 Å². The average molecular weight is 458 g/mol. The second-order valence-electron chi connectivity index (χ2n) is 8.74. The van der Waals surface area contributed by atoms with Gasteiger partial charge in [0, 0.05) is 30.9 Å².